The molecule has 2 atom stereocenters. The summed E-state index contributed by atoms with van der Waals surface area (Å²) in [6.07, 6.45) is 0. The van der Waals surface area contributed by atoms with Crippen LogP contribution in [-0.2, 0) is 4.79 Å². The van der Waals surface area contributed by atoms with E-state index >= 15 is 0 Å². The van der Waals surface area contributed by atoms with E-state index < -0.39 is 5.97 Å². The van der Waals surface area contributed by atoms with Crippen LogP contribution in [0.2, 0.25) is 0 Å². The maximum absolute atomic E-state index is 10.9. The van der Waals surface area contributed by atoms with Crippen LogP contribution in [0.15, 0.2) is 18.2 Å². The molecule has 0 aliphatic carbocycles. The second-order valence-corrected chi connectivity index (χ2v) is 5.29. The first-order valence-electron chi connectivity index (χ1n) is 5.38. The lowest BCUT2D eigenvalue weighted by molar-refractivity contribution is -0.136. The van der Waals surface area contributed by atoms with E-state index in [1.807, 2.05) is 25.1 Å². The maximum Gasteiger partial charge on any atom is 0.318 e. The van der Waals surface area contributed by atoms with E-state index in [2.05, 4.69) is 5.32 Å². The lowest BCUT2D eigenvalue weighted by Crippen LogP contribution is -2.21. The van der Waals surface area contributed by atoms with Crippen LogP contribution < -0.4 is 10.1 Å². The molecule has 0 aromatic heterocycles. The van der Waals surface area contributed by atoms with Crippen molar-refractivity contribution in [1.29, 1.82) is 0 Å². The van der Waals surface area contributed by atoms with Crippen molar-refractivity contribution in [2.75, 3.05) is 13.7 Å². The Bertz CT molecular complexity index is 436. The van der Waals surface area contributed by atoms with Gasteiger partial charge in [0, 0.05) is 6.54 Å². The highest BCUT2D eigenvalue weighted by molar-refractivity contribution is 8.01. The number of hydrogen-bond acceptors (Lipinski definition) is 4. The van der Waals surface area contributed by atoms with Crippen LogP contribution in [0.25, 0.3) is 0 Å². The lowest BCUT2D eigenvalue weighted by atomic mass is 10.1. The van der Waals surface area contributed by atoms with Crippen molar-refractivity contribution in [3.8, 4) is 5.75 Å². The number of rotatable bonds is 3. The Labute approximate surface area is 104 Å². The van der Waals surface area contributed by atoms with Crippen molar-refractivity contribution in [1.82, 2.24) is 5.32 Å². The fraction of sp³-hybridized carbons (Fsp3) is 0.417. The molecule has 4 nitrogen and oxygen atoms in total. The number of carboxylic acid groups (broad SMARTS) is 1. The highest BCUT2D eigenvalue weighted by Gasteiger charge is 2.30. The number of nitrogens with one attached hydrogen (secondary N) is 1. The molecule has 1 aliphatic rings. The molecule has 0 bridgehead atoms. The zero-order chi connectivity index (χ0) is 12.4. The predicted octanol–water partition coefficient (Wildman–Crippen LogP) is 1.79. The van der Waals surface area contributed by atoms with Crippen LogP contribution >= 0.6 is 11.8 Å². The summed E-state index contributed by atoms with van der Waals surface area (Å²) in [6.45, 7) is 2.48. The summed E-state index contributed by atoms with van der Waals surface area (Å²) in [5.41, 5.74) is 2.13. The van der Waals surface area contributed by atoms with Crippen molar-refractivity contribution >= 4 is 17.7 Å². The van der Waals surface area contributed by atoms with Gasteiger partial charge in [-0.05, 0) is 24.1 Å². The third kappa shape index (κ3) is 2.56. The predicted molar refractivity (Wildman–Crippen MR) is 67.5 cm³/mol. The van der Waals surface area contributed by atoms with Gasteiger partial charge in [-0.25, -0.2) is 0 Å². The Morgan fingerprint density at radius 1 is 1.59 bits per heavy atom. The minimum absolute atomic E-state index is 0.0330. The summed E-state index contributed by atoms with van der Waals surface area (Å²) in [5.74, 6) is 0.0766. The molecule has 1 aromatic carbocycles. The summed E-state index contributed by atoms with van der Waals surface area (Å²) in [4.78, 5) is 10.9. The molecular formula is C12H15NO3S. The van der Waals surface area contributed by atoms with E-state index in [0.717, 1.165) is 16.9 Å². The van der Waals surface area contributed by atoms with Crippen molar-refractivity contribution in [3.05, 3.63) is 29.3 Å². The molecule has 0 spiro atoms. The van der Waals surface area contributed by atoms with Crippen LogP contribution in [0.3, 0.4) is 0 Å². The van der Waals surface area contributed by atoms with Gasteiger partial charge in [0.15, 0.2) is 0 Å². The smallest absolute Gasteiger partial charge is 0.318 e. The van der Waals surface area contributed by atoms with E-state index in [1.54, 1.807) is 7.11 Å². The van der Waals surface area contributed by atoms with E-state index in [9.17, 15) is 4.79 Å². The number of ether oxygens (including phenoxy) is 1. The molecule has 5 heteroatoms. The number of aryl methyl sites for hydroxylation is 1. The van der Waals surface area contributed by atoms with Crippen molar-refractivity contribution in [3.63, 3.8) is 0 Å². The Morgan fingerprint density at radius 2 is 2.35 bits per heavy atom. The molecule has 17 heavy (non-hydrogen) atoms. The molecule has 1 heterocycles. The third-order valence-corrected chi connectivity index (χ3v) is 4.21. The van der Waals surface area contributed by atoms with Gasteiger partial charge in [0.05, 0.1) is 12.5 Å². The number of aliphatic carboxylic acids is 1. The normalized spacial score (nSPS) is 23.6. The molecule has 1 fully saturated rings. The summed E-state index contributed by atoms with van der Waals surface area (Å²) < 4.78 is 5.27. The Balaban J connectivity index is 2.16. The second-order valence-electron chi connectivity index (χ2n) is 3.98. The van der Waals surface area contributed by atoms with Gasteiger partial charge in [-0.3, -0.25) is 10.1 Å². The average Bonchev–Trinajstić information content (AvgIpc) is 2.79. The SMILES string of the molecule is COc1cc([C@H]2NC[C@@H](C(=O)O)S2)ccc1C. The molecule has 0 radical (unpaired) electrons. The first-order valence-corrected chi connectivity index (χ1v) is 6.32. The van der Waals surface area contributed by atoms with E-state index in [4.69, 9.17) is 9.84 Å². The van der Waals surface area contributed by atoms with Crippen LogP contribution in [-0.4, -0.2) is 30.0 Å². The maximum atomic E-state index is 10.9. The average molecular weight is 253 g/mol. The van der Waals surface area contributed by atoms with Gasteiger partial charge in [-0.2, -0.15) is 0 Å². The fourth-order valence-electron chi connectivity index (χ4n) is 1.82. The minimum atomic E-state index is -0.760. The van der Waals surface area contributed by atoms with Crippen molar-refractivity contribution in [2.24, 2.45) is 0 Å². The molecular weight excluding hydrogens is 238 g/mol. The van der Waals surface area contributed by atoms with Gasteiger partial charge in [0.1, 0.15) is 11.0 Å². The summed E-state index contributed by atoms with van der Waals surface area (Å²) >= 11 is 1.43. The Kier molecular flexibility index (Phi) is 3.59. The molecule has 0 amide bonds. The zero-order valence-electron chi connectivity index (χ0n) is 9.77. The topological polar surface area (TPSA) is 58.6 Å². The van der Waals surface area contributed by atoms with Crippen molar-refractivity contribution < 1.29 is 14.6 Å². The zero-order valence-corrected chi connectivity index (χ0v) is 10.6. The van der Waals surface area contributed by atoms with Gasteiger partial charge in [-0.1, -0.05) is 12.1 Å². The molecule has 2 rings (SSSR count). The summed E-state index contributed by atoms with van der Waals surface area (Å²) in [6, 6.07) is 5.96. The summed E-state index contributed by atoms with van der Waals surface area (Å²) in [5, 5.41) is 11.8. The van der Waals surface area contributed by atoms with Crippen LogP contribution in [0.4, 0.5) is 0 Å². The molecule has 2 N–H and O–H groups in total. The quantitative estimate of drug-likeness (QED) is 0.860. The van der Waals surface area contributed by atoms with Crippen LogP contribution in [0, 0.1) is 6.92 Å². The lowest BCUT2D eigenvalue weighted by Gasteiger charge is -2.13. The van der Waals surface area contributed by atoms with Crippen molar-refractivity contribution in [2.45, 2.75) is 17.5 Å². The Hall–Kier alpha value is -1.20. The highest BCUT2D eigenvalue weighted by atomic mass is 32.2. The Morgan fingerprint density at radius 3 is 2.94 bits per heavy atom. The van der Waals surface area contributed by atoms with E-state index in [-0.39, 0.29) is 10.6 Å². The molecule has 92 valence electrons. The number of carboxylic acids is 1. The largest absolute Gasteiger partial charge is 0.496 e. The molecule has 0 saturated carbocycles. The molecule has 1 aliphatic heterocycles. The number of benzene rings is 1. The van der Waals surface area contributed by atoms with Gasteiger partial charge in [0.2, 0.25) is 0 Å². The van der Waals surface area contributed by atoms with Gasteiger partial charge < -0.3 is 9.84 Å². The monoisotopic (exact) mass is 253 g/mol. The van der Waals surface area contributed by atoms with E-state index in [1.165, 1.54) is 11.8 Å². The number of thioether (sulfide) groups is 1. The molecule has 1 aromatic rings. The van der Waals surface area contributed by atoms with Gasteiger partial charge >= 0.3 is 5.97 Å². The van der Waals surface area contributed by atoms with Crippen LogP contribution in [0.1, 0.15) is 16.5 Å². The van der Waals surface area contributed by atoms with Crippen LogP contribution in [0.5, 0.6) is 5.75 Å². The standard InChI is InChI=1S/C12H15NO3S/c1-7-3-4-8(5-9(7)16-2)11-13-6-10(17-11)12(14)15/h3-5,10-11,13H,6H2,1-2H3,(H,14,15)/t10-,11-/m0/s1. The van der Waals surface area contributed by atoms with Gasteiger partial charge in [-0.15, -0.1) is 11.8 Å². The number of methoxy groups -OCH3 is 1. The second kappa shape index (κ2) is 4.98. The minimum Gasteiger partial charge on any atom is -0.496 e. The first kappa shape index (κ1) is 12.3. The first-order chi connectivity index (χ1) is 8.11. The van der Waals surface area contributed by atoms with Gasteiger partial charge in [0.25, 0.3) is 0 Å². The molecule has 1 saturated heterocycles. The number of carbonyl (C=O) groups is 1. The molecule has 0 unspecified atom stereocenters. The third-order valence-electron chi connectivity index (χ3n) is 2.80. The number of hydrogen-bond donors (Lipinski definition) is 2. The summed E-state index contributed by atoms with van der Waals surface area (Å²) in [7, 11) is 1.64. The fourth-order valence-corrected chi connectivity index (χ4v) is 2.95. The van der Waals surface area contributed by atoms with E-state index in [0.29, 0.717) is 6.54 Å². The highest BCUT2D eigenvalue weighted by Crippen LogP contribution is 2.36.